The van der Waals surface area contributed by atoms with Crippen LogP contribution in [0.4, 0.5) is 43.4 Å². The van der Waals surface area contributed by atoms with Gasteiger partial charge in [0.05, 0.1) is 27.7 Å². The van der Waals surface area contributed by atoms with E-state index in [1.807, 2.05) is 0 Å². The summed E-state index contributed by atoms with van der Waals surface area (Å²) in [6, 6.07) is 4.91. The summed E-state index contributed by atoms with van der Waals surface area (Å²) in [6.07, 6.45) is -4.67. The minimum atomic E-state index is -4.67. The molecule has 30 heavy (non-hydrogen) atoms. The van der Waals surface area contributed by atoms with E-state index in [9.17, 15) is 41.3 Å². The third kappa shape index (κ3) is 6.69. The second-order valence-electron chi connectivity index (χ2n) is 5.58. The van der Waals surface area contributed by atoms with Gasteiger partial charge in [0.15, 0.2) is 0 Å². The zero-order chi connectivity index (χ0) is 22.7. The van der Waals surface area contributed by atoms with Crippen molar-refractivity contribution in [1.82, 2.24) is 0 Å². The molecule has 0 aromatic heterocycles. The van der Waals surface area contributed by atoms with Crippen LogP contribution < -0.4 is 10.6 Å². The molecule has 2 rings (SSSR count). The number of amides is 1. The van der Waals surface area contributed by atoms with Gasteiger partial charge in [-0.25, -0.2) is 0 Å². The highest BCUT2D eigenvalue weighted by Crippen LogP contribution is 2.39. The summed E-state index contributed by atoms with van der Waals surface area (Å²) in [5, 5.41) is 15.4. The Morgan fingerprint density at radius 1 is 1.07 bits per heavy atom. The lowest BCUT2D eigenvalue weighted by molar-refractivity contribution is -0.384. The summed E-state index contributed by atoms with van der Waals surface area (Å²) in [5.41, 5.74) is -6.99. The van der Waals surface area contributed by atoms with Gasteiger partial charge in [0.2, 0.25) is 5.91 Å². The molecule has 0 saturated heterocycles. The number of anilines is 2. The van der Waals surface area contributed by atoms with Crippen LogP contribution in [0.3, 0.4) is 0 Å². The molecule has 2 aromatic carbocycles. The van der Waals surface area contributed by atoms with Gasteiger partial charge in [-0.05, 0) is 42.1 Å². The molecule has 6 nitrogen and oxygen atoms in total. The molecule has 2 aromatic rings. The van der Waals surface area contributed by atoms with Crippen LogP contribution in [0.5, 0.6) is 0 Å². The number of carbonyl (C=O) groups is 1. The Morgan fingerprint density at radius 2 is 1.73 bits per heavy atom. The highest BCUT2D eigenvalue weighted by atomic mass is 35.5. The fourth-order valence-electron chi connectivity index (χ4n) is 2.18. The summed E-state index contributed by atoms with van der Waals surface area (Å²) in [5.74, 6) is -0.890. The number of benzene rings is 2. The van der Waals surface area contributed by atoms with Crippen LogP contribution in [0, 0.1) is 10.1 Å². The third-order valence-electron chi connectivity index (χ3n) is 3.41. The van der Waals surface area contributed by atoms with E-state index < -0.39 is 57.0 Å². The lowest BCUT2D eigenvalue weighted by Crippen LogP contribution is -2.22. The zero-order valence-electron chi connectivity index (χ0n) is 14.4. The van der Waals surface area contributed by atoms with Gasteiger partial charge in [0.25, 0.3) is 5.69 Å². The lowest BCUT2D eigenvalue weighted by Gasteiger charge is -2.13. The average Bonchev–Trinajstić information content (AvgIpc) is 2.60. The standard InChI is InChI=1S/C16H10ClF6N3O3S/c17-10-3-1-8(15(18,19)20)5-12(10)25-14(27)7-24-11-4-2-9(30-16(21,22)23)6-13(11)26(28)29/h1-6,24H,7H2,(H,25,27). The number of hydrogen-bond acceptors (Lipinski definition) is 5. The minimum Gasteiger partial charge on any atom is -0.371 e. The van der Waals surface area contributed by atoms with Gasteiger partial charge in [-0.3, -0.25) is 14.9 Å². The molecule has 0 spiro atoms. The molecule has 0 unspecified atom stereocenters. The number of carbonyl (C=O) groups excluding carboxylic acids is 1. The maximum atomic E-state index is 12.8. The van der Waals surface area contributed by atoms with Crippen molar-refractivity contribution in [1.29, 1.82) is 0 Å². The predicted octanol–water partition coefficient (Wildman–Crippen LogP) is 5.93. The number of nitrogens with zero attached hydrogens (tertiary/aromatic N) is 1. The van der Waals surface area contributed by atoms with E-state index in [2.05, 4.69) is 10.6 Å². The van der Waals surface area contributed by atoms with Crippen molar-refractivity contribution in [3.8, 4) is 0 Å². The summed E-state index contributed by atoms with van der Waals surface area (Å²) in [7, 11) is 0. The number of rotatable bonds is 6. The van der Waals surface area contributed by atoms with Crippen LogP contribution in [-0.2, 0) is 11.0 Å². The largest absolute Gasteiger partial charge is 0.446 e. The Labute approximate surface area is 173 Å². The zero-order valence-corrected chi connectivity index (χ0v) is 16.0. The van der Waals surface area contributed by atoms with E-state index in [4.69, 9.17) is 11.6 Å². The number of hydrogen-bond donors (Lipinski definition) is 2. The van der Waals surface area contributed by atoms with Crippen molar-refractivity contribution >= 4 is 46.3 Å². The third-order valence-corrected chi connectivity index (χ3v) is 4.46. The summed E-state index contributed by atoms with van der Waals surface area (Å²) < 4.78 is 75.5. The second-order valence-corrected chi connectivity index (χ2v) is 7.12. The van der Waals surface area contributed by atoms with Gasteiger partial charge in [0.1, 0.15) is 5.69 Å². The SMILES string of the molecule is O=C(CNc1ccc(SC(F)(F)F)cc1[N+](=O)[O-])Nc1cc(C(F)(F)F)ccc1Cl. The molecule has 0 radical (unpaired) electrons. The van der Waals surface area contributed by atoms with Gasteiger partial charge in [-0.1, -0.05) is 11.6 Å². The molecule has 162 valence electrons. The molecule has 14 heteroatoms. The molecule has 0 fully saturated rings. The first-order valence-electron chi connectivity index (χ1n) is 7.71. The van der Waals surface area contributed by atoms with Crippen LogP contribution in [0.25, 0.3) is 0 Å². The highest BCUT2D eigenvalue weighted by molar-refractivity contribution is 8.00. The number of halogens is 7. The van der Waals surface area contributed by atoms with Crippen molar-refractivity contribution < 1.29 is 36.1 Å². The van der Waals surface area contributed by atoms with E-state index >= 15 is 0 Å². The van der Waals surface area contributed by atoms with Crippen molar-refractivity contribution in [2.45, 2.75) is 16.6 Å². The molecule has 0 bridgehead atoms. The summed E-state index contributed by atoms with van der Waals surface area (Å²) >= 11 is 5.21. The quantitative estimate of drug-likeness (QED) is 0.235. The summed E-state index contributed by atoms with van der Waals surface area (Å²) in [4.78, 5) is 21.7. The monoisotopic (exact) mass is 473 g/mol. The molecule has 0 atom stereocenters. The van der Waals surface area contributed by atoms with E-state index in [0.29, 0.717) is 12.1 Å². The maximum Gasteiger partial charge on any atom is 0.446 e. The topological polar surface area (TPSA) is 84.3 Å². The molecule has 0 aliphatic rings. The van der Waals surface area contributed by atoms with Crippen LogP contribution in [0.15, 0.2) is 41.3 Å². The lowest BCUT2D eigenvalue weighted by atomic mass is 10.2. The van der Waals surface area contributed by atoms with Gasteiger partial charge in [-0.15, -0.1) is 0 Å². The predicted molar refractivity (Wildman–Crippen MR) is 98.6 cm³/mol. The highest BCUT2D eigenvalue weighted by Gasteiger charge is 2.32. The number of nitrogens with one attached hydrogen (secondary N) is 2. The van der Waals surface area contributed by atoms with Crippen LogP contribution >= 0.6 is 23.4 Å². The minimum absolute atomic E-state index is 0.171. The Hall–Kier alpha value is -2.67. The first kappa shape index (κ1) is 23.6. The number of thioether (sulfide) groups is 1. The first-order valence-corrected chi connectivity index (χ1v) is 8.90. The molecule has 0 aliphatic heterocycles. The van der Waals surface area contributed by atoms with E-state index in [1.165, 1.54) is 0 Å². The van der Waals surface area contributed by atoms with Gasteiger partial charge in [-0.2, -0.15) is 26.3 Å². The van der Waals surface area contributed by atoms with Crippen LogP contribution in [-0.4, -0.2) is 22.9 Å². The number of nitro benzene ring substituents is 1. The molecule has 2 N–H and O–H groups in total. The first-order chi connectivity index (χ1) is 13.8. The smallest absolute Gasteiger partial charge is 0.371 e. The fourth-order valence-corrected chi connectivity index (χ4v) is 2.92. The molecule has 0 saturated carbocycles. The van der Waals surface area contributed by atoms with Crippen molar-refractivity contribution in [3.05, 3.63) is 57.1 Å². The Balaban J connectivity index is 2.12. The van der Waals surface area contributed by atoms with Crippen molar-refractivity contribution in [2.75, 3.05) is 17.2 Å². The number of alkyl halides is 6. The van der Waals surface area contributed by atoms with Gasteiger partial charge in [0, 0.05) is 11.0 Å². The average molecular weight is 474 g/mol. The maximum absolute atomic E-state index is 12.8. The van der Waals surface area contributed by atoms with E-state index in [0.717, 1.165) is 24.3 Å². The van der Waals surface area contributed by atoms with Gasteiger partial charge < -0.3 is 10.6 Å². The second kappa shape index (κ2) is 9.00. The van der Waals surface area contributed by atoms with Crippen molar-refractivity contribution in [2.24, 2.45) is 0 Å². The van der Waals surface area contributed by atoms with Gasteiger partial charge >= 0.3 is 11.7 Å². The van der Waals surface area contributed by atoms with Crippen molar-refractivity contribution in [3.63, 3.8) is 0 Å². The summed E-state index contributed by atoms with van der Waals surface area (Å²) in [6.45, 7) is -0.626. The number of nitro groups is 1. The molecule has 0 heterocycles. The fraction of sp³-hybridized carbons (Fsp3) is 0.188. The van der Waals surface area contributed by atoms with Crippen LogP contribution in [0.1, 0.15) is 5.56 Å². The van der Waals surface area contributed by atoms with Crippen LogP contribution in [0.2, 0.25) is 5.02 Å². The molecular weight excluding hydrogens is 464 g/mol. The molecular formula is C16H10ClF6N3O3S. The molecule has 0 aliphatic carbocycles. The normalized spacial score (nSPS) is 11.8. The van der Waals surface area contributed by atoms with E-state index in [-0.39, 0.29) is 16.4 Å². The Kier molecular flexibility index (Phi) is 7.08. The Morgan fingerprint density at radius 3 is 2.30 bits per heavy atom. The Bertz CT molecular complexity index is 968. The van der Waals surface area contributed by atoms with E-state index in [1.54, 1.807) is 0 Å². The molecule has 1 amide bonds.